The number of aryl methyl sites for hydroxylation is 1. The summed E-state index contributed by atoms with van der Waals surface area (Å²) in [4.78, 5) is 20.1. The zero-order valence-corrected chi connectivity index (χ0v) is 16.9. The number of anilines is 2. The van der Waals surface area contributed by atoms with E-state index in [0.29, 0.717) is 52.6 Å². The van der Waals surface area contributed by atoms with Crippen LogP contribution in [0.5, 0.6) is 0 Å². The van der Waals surface area contributed by atoms with E-state index in [-0.39, 0.29) is 17.3 Å². The number of benzene rings is 1. The highest BCUT2D eigenvalue weighted by Gasteiger charge is 2.27. The lowest BCUT2D eigenvalue weighted by molar-refractivity contribution is 0.0307. The lowest BCUT2D eigenvalue weighted by atomic mass is 9.96. The second-order valence-electron chi connectivity index (χ2n) is 6.84. The number of hydrogen-bond donors (Lipinski definition) is 2. The molecule has 0 radical (unpaired) electrons. The van der Waals surface area contributed by atoms with E-state index >= 15 is 0 Å². The van der Waals surface area contributed by atoms with Gasteiger partial charge in [0.15, 0.2) is 0 Å². The number of rotatable bonds is 3. The summed E-state index contributed by atoms with van der Waals surface area (Å²) in [5, 5.41) is 10.3. The first-order valence-corrected chi connectivity index (χ1v) is 10.2. The number of amides is 1. The zero-order valence-electron chi connectivity index (χ0n) is 16.1. The smallest absolute Gasteiger partial charge is 0.266 e. The van der Waals surface area contributed by atoms with Gasteiger partial charge in [-0.05, 0) is 17.5 Å². The van der Waals surface area contributed by atoms with Gasteiger partial charge < -0.3 is 21.1 Å². The molecule has 1 amide bonds. The molecule has 7 nitrogen and oxygen atoms in total. The van der Waals surface area contributed by atoms with Crippen LogP contribution >= 0.6 is 11.3 Å². The summed E-state index contributed by atoms with van der Waals surface area (Å²) in [6, 6.07) is 10.1. The summed E-state index contributed by atoms with van der Waals surface area (Å²) in [5.74, 6) is -0.000602. The van der Waals surface area contributed by atoms with Crippen LogP contribution in [0.25, 0.3) is 21.3 Å². The van der Waals surface area contributed by atoms with Crippen LogP contribution < -0.4 is 11.5 Å². The van der Waals surface area contributed by atoms with E-state index in [4.69, 9.17) is 16.2 Å². The number of morpholine rings is 1. The van der Waals surface area contributed by atoms with Crippen LogP contribution in [0.1, 0.15) is 27.7 Å². The Morgan fingerprint density at radius 3 is 2.59 bits per heavy atom. The fourth-order valence-corrected chi connectivity index (χ4v) is 4.63. The molecule has 1 fully saturated rings. The van der Waals surface area contributed by atoms with Gasteiger partial charge in [0.25, 0.3) is 5.91 Å². The van der Waals surface area contributed by atoms with Gasteiger partial charge in [0.2, 0.25) is 0 Å². The minimum atomic E-state index is -0.141. The molecule has 0 atom stereocenters. The number of fused-ring (bicyclic) bond motifs is 1. The Hall–Kier alpha value is -3.15. The maximum absolute atomic E-state index is 13.0. The van der Waals surface area contributed by atoms with E-state index < -0.39 is 0 Å². The normalized spacial score (nSPS) is 14.1. The quantitative estimate of drug-likeness (QED) is 0.689. The van der Waals surface area contributed by atoms with Crippen molar-refractivity contribution >= 4 is 39.0 Å². The van der Waals surface area contributed by atoms with Crippen molar-refractivity contribution in [3.05, 3.63) is 40.3 Å². The molecule has 0 bridgehead atoms. The molecule has 0 spiro atoms. The maximum Gasteiger partial charge on any atom is 0.266 e. The molecule has 3 aromatic rings. The van der Waals surface area contributed by atoms with Gasteiger partial charge in [-0.25, -0.2) is 4.98 Å². The zero-order chi connectivity index (χ0) is 20.5. The predicted octanol–water partition coefficient (Wildman–Crippen LogP) is 3.03. The van der Waals surface area contributed by atoms with Crippen LogP contribution in [-0.2, 0) is 11.2 Å². The van der Waals surface area contributed by atoms with Gasteiger partial charge in [-0.3, -0.25) is 4.79 Å². The number of nitriles is 1. The minimum absolute atomic E-state index is 0.140. The topological polar surface area (TPSA) is 118 Å². The third-order valence-electron chi connectivity index (χ3n) is 5.16. The highest BCUT2D eigenvalue weighted by atomic mass is 32.1. The molecule has 4 N–H and O–H groups in total. The number of nitrogens with two attached hydrogens (primary N) is 2. The van der Waals surface area contributed by atoms with Gasteiger partial charge in [-0.2, -0.15) is 5.26 Å². The molecule has 148 valence electrons. The highest BCUT2D eigenvalue weighted by Crippen LogP contribution is 2.43. The average Bonchev–Trinajstić information content (AvgIpc) is 3.08. The fraction of sp³-hybridized carbons (Fsp3) is 0.286. The van der Waals surface area contributed by atoms with Crippen molar-refractivity contribution in [3.63, 3.8) is 0 Å². The van der Waals surface area contributed by atoms with E-state index in [1.54, 1.807) is 4.90 Å². The van der Waals surface area contributed by atoms with E-state index in [0.717, 1.165) is 12.0 Å². The van der Waals surface area contributed by atoms with E-state index in [1.807, 2.05) is 24.3 Å². The second kappa shape index (κ2) is 7.70. The van der Waals surface area contributed by atoms with Crippen molar-refractivity contribution in [2.24, 2.45) is 0 Å². The van der Waals surface area contributed by atoms with Gasteiger partial charge in [-0.1, -0.05) is 31.2 Å². The number of thiophene rings is 1. The third-order valence-corrected chi connectivity index (χ3v) is 6.25. The van der Waals surface area contributed by atoms with Crippen molar-refractivity contribution in [1.82, 2.24) is 9.88 Å². The minimum Gasteiger partial charge on any atom is -0.397 e. The Morgan fingerprint density at radius 1 is 1.28 bits per heavy atom. The van der Waals surface area contributed by atoms with Gasteiger partial charge in [0.05, 0.1) is 18.9 Å². The lowest BCUT2D eigenvalue weighted by Crippen LogP contribution is -2.40. The van der Waals surface area contributed by atoms with Gasteiger partial charge in [0.1, 0.15) is 27.2 Å². The van der Waals surface area contributed by atoms with E-state index in [1.165, 1.54) is 16.9 Å². The van der Waals surface area contributed by atoms with Crippen LogP contribution in [-0.4, -0.2) is 42.1 Å². The molecule has 0 aliphatic carbocycles. The van der Waals surface area contributed by atoms with Crippen molar-refractivity contribution in [2.45, 2.75) is 13.3 Å². The molecule has 1 aliphatic rings. The standard InChI is InChI=1S/C21H21N5O2S/c1-2-12-3-5-13(6-4-12)15-14(11-22)19(24)25-20-16(15)17(23)18(29-20)21(27)26-7-9-28-10-8-26/h3-6H,2,7-10,23H2,1H3,(H2,24,25). The molecular formula is C21H21N5O2S. The first-order chi connectivity index (χ1) is 14.0. The van der Waals surface area contributed by atoms with Crippen LogP contribution in [0.3, 0.4) is 0 Å². The van der Waals surface area contributed by atoms with Crippen LogP contribution in [0.2, 0.25) is 0 Å². The molecule has 0 saturated carbocycles. The van der Waals surface area contributed by atoms with Crippen LogP contribution in [0.4, 0.5) is 11.5 Å². The summed E-state index contributed by atoms with van der Waals surface area (Å²) >= 11 is 1.22. The molecule has 1 aliphatic heterocycles. The number of carbonyl (C=O) groups is 1. The largest absolute Gasteiger partial charge is 0.397 e. The number of nitrogen functional groups attached to an aromatic ring is 2. The van der Waals surface area contributed by atoms with Crippen molar-refractivity contribution < 1.29 is 9.53 Å². The van der Waals surface area contributed by atoms with E-state index in [2.05, 4.69) is 18.0 Å². The fourth-order valence-electron chi connectivity index (χ4n) is 3.55. The molecule has 4 rings (SSSR count). The monoisotopic (exact) mass is 407 g/mol. The summed E-state index contributed by atoms with van der Waals surface area (Å²) in [6.07, 6.45) is 0.915. The van der Waals surface area contributed by atoms with E-state index in [9.17, 15) is 10.1 Å². The van der Waals surface area contributed by atoms with Crippen molar-refractivity contribution in [2.75, 3.05) is 37.8 Å². The number of pyridine rings is 1. The number of carbonyl (C=O) groups excluding carboxylic acids is 1. The first-order valence-electron chi connectivity index (χ1n) is 9.43. The Labute approximate surface area is 172 Å². The number of nitrogens with zero attached hydrogens (tertiary/aromatic N) is 3. The van der Waals surface area contributed by atoms with Crippen LogP contribution in [0.15, 0.2) is 24.3 Å². The SMILES string of the molecule is CCc1ccc(-c2c(C#N)c(N)nc3sc(C(=O)N4CCOCC4)c(N)c23)cc1. The van der Waals surface area contributed by atoms with Crippen LogP contribution in [0, 0.1) is 11.3 Å². The Balaban J connectivity index is 1.92. The lowest BCUT2D eigenvalue weighted by Gasteiger charge is -2.26. The third kappa shape index (κ3) is 3.28. The second-order valence-corrected chi connectivity index (χ2v) is 7.84. The number of aromatic nitrogens is 1. The number of ether oxygens (including phenoxy) is 1. The predicted molar refractivity (Wildman–Crippen MR) is 115 cm³/mol. The number of hydrogen-bond acceptors (Lipinski definition) is 7. The molecular weight excluding hydrogens is 386 g/mol. The summed E-state index contributed by atoms with van der Waals surface area (Å²) in [6.45, 7) is 4.15. The molecule has 8 heteroatoms. The summed E-state index contributed by atoms with van der Waals surface area (Å²) < 4.78 is 5.33. The van der Waals surface area contributed by atoms with Crippen molar-refractivity contribution in [3.8, 4) is 17.2 Å². The molecule has 2 aromatic heterocycles. The molecule has 1 aromatic carbocycles. The molecule has 1 saturated heterocycles. The summed E-state index contributed by atoms with van der Waals surface area (Å²) in [5.41, 5.74) is 15.8. The summed E-state index contributed by atoms with van der Waals surface area (Å²) in [7, 11) is 0. The molecule has 0 unspecified atom stereocenters. The highest BCUT2D eigenvalue weighted by molar-refractivity contribution is 7.21. The Morgan fingerprint density at radius 2 is 1.97 bits per heavy atom. The Bertz CT molecular complexity index is 1120. The van der Waals surface area contributed by atoms with Gasteiger partial charge >= 0.3 is 0 Å². The van der Waals surface area contributed by atoms with Gasteiger partial charge in [0, 0.05) is 24.0 Å². The molecule has 3 heterocycles. The first kappa shape index (κ1) is 19.2. The average molecular weight is 407 g/mol. The Kier molecular flexibility index (Phi) is 5.09. The maximum atomic E-state index is 13.0. The molecule has 29 heavy (non-hydrogen) atoms. The van der Waals surface area contributed by atoms with Gasteiger partial charge in [-0.15, -0.1) is 11.3 Å². The van der Waals surface area contributed by atoms with Crippen molar-refractivity contribution in [1.29, 1.82) is 5.26 Å².